The SMILES string of the molecule is O=[N+]([O-])c1ccccc1C(Br)COCCOCCCl. The monoisotopic (exact) mass is 351 g/mol. The third kappa shape index (κ3) is 5.86. The molecule has 7 heteroatoms. The highest BCUT2D eigenvalue weighted by Crippen LogP contribution is 2.30. The number of hydrogen-bond acceptors (Lipinski definition) is 4. The normalized spacial score (nSPS) is 12.3. The molecule has 106 valence electrons. The first kappa shape index (κ1) is 16.4. The van der Waals surface area contributed by atoms with E-state index in [0.717, 1.165) is 0 Å². The van der Waals surface area contributed by atoms with Gasteiger partial charge in [-0.3, -0.25) is 10.1 Å². The average molecular weight is 353 g/mol. The van der Waals surface area contributed by atoms with Crippen LogP contribution in [0.5, 0.6) is 0 Å². The predicted molar refractivity (Wildman–Crippen MR) is 77.1 cm³/mol. The fourth-order valence-corrected chi connectivity index (χ4v) is 2.15. The lowest BCUT2D eigenvalue weighted by atomic mass is 10.1. The Labute approximate surface area is 125 Å². The van der Waals surface area contributed by atoms with E-state index in [2.05, 4.69) is 15.9 Å². The van der Waals surface area contributed by atoms with Crippen molar-refractivity contribution >= 4 is 33.2 Å². The van der Waals surface area contributed by atoms with Gasteiger partial charge in [-0.25, -0.2) is 0 Å². The van der Waals surface area contributed by atoms with Gasteiger partial charge in [-0.05, 0) is 0 Å². The summed E-state index contributed by atoms with van der Waals surface area (Å²) in [6.45, 7) is 1.73. The number of nitro groups is 1. The Hall–Kier alpha value is -0.690. The minimum atomic E-state index is -0.396. The lowest BCUT2D eigenvalue weighted by Gasteiger charge is -2.11. The first-order chi connectivity index (χ1) is 9.16. The van der Waals surface area contributed by atoms with Gasteiger partial charge in [0, 0.05) is 17.5 Å². The maximum absolute atomic E-state index is 10.9. The zero-order valence-electron chi connectivity index (χ0n) is 10.3. The minimum absolute atomic E-state index is 0.0892. The highest BCUT2D eigenvalue weighted by Gasteiger charge is 2.19. The third-order valence-electron chi connectivity index (χ3n) is 2.33. The van der Waals surface area contributed by atoms with Gasteiger partial charge in [0.1, 0.15) is 0 Å². The maximum atomic E-state index is 10.9. The number of halogens is 2. The number of para-hydroxylation sites is 1. The Balaban J connectivity index is 2.41. The number of ether oxygens (including phenoxy) is 2. The number of benzene rings is 1. The van der Waals surface area contributed by atoms with Gasteiger partial charge in [-0.15, -0.1) is 11.6 Å². The number of rotatable bonds is 9. The zero-order valence-corrected chi connectivity index (χ0v) is 12.6. The molecular formula is C12H15BrClNO4. The van der Waals surface area contributed by atoms with E-state index < -0.39 is 4.92 Å². The Morgan fingerprint density at radius 2 is 1.95 bits per heavy atom. The number of nitro benzene ring substituents is 1. The molecule has 0 aliphatic rings. The first-order valence-electron chi connectivity index (χ1n) is 5.75. The van der Waals surface area contributed by atoms with Crippen molar-refractivity contribution in [1.82, 2.24) is 0 Å². The van der Waals surface area contributed by atoms with Crippen molar-refractivity contribution in [3.8, 4) is 0 Å². The highest BCUT2D eigenvalue weighted by atomic mass is 79.9. The molecule has 0 N–H and O–H groups in total. The lowest BCUT2D eigenvalue weighted by molar-refractivity contribution is -0.385. The fourth-order valence-electron chi connectivity index (χ4n) is 1.47. The molecule has 1 aromatic rings. The van der Waals surface area contributed by atoms with Crippen molar-refractivity contribution in [3.63, 3.8) is 0 Å². The van der Waals surface area contributed by atoms with Gasteiger partial charge in [0.2, 0.25) is 0 Å². The summed E-state index contributed by atoms with van der Waals surface area (Å²) in [6.07, 6.45) is 0. The van der Waals surface area contributed by atoms with Crippen LogP contribution in [-0.4, -0.2) is 37.2 Å². The molecule has 0 heterocycles. The van der Waals surface area contributed by atoms with Crippen LogP contribution in [0.2, 0.25) is 0 Å². The minimum Gasteiger partial charge on any atom is -0.378 e. The summed E-state index contributed by atoms with van der Waals surface area (Å²) < 4.78 is 10.5. The molecule has 5 nitrogen and oxygen atoms in total. The van der Waals surface area contributed by atoms with Crippen molar-refractivity contribution in [2.75, 3.05) is 32.3 Å². The van der Waals surface area contributed by atoms with Gasteiger partial charge in [-0.2, -0.15) is 0 Å². The molecule has 0 amide bonds. The summed E-state index contributed by atoms with van der Waals surface area (Å²) in [5.41, 5.74) is 0.695. The van der Waals surface area contributed by atoms with E-state index >= 15 is 0 Å². The molecule has 0 aromatic heterocycles. The second kappa shape index (κ2) is 9.25. The van der Waals surface area contributed by atoms with Crippen LogP contribution in [0.25, 0.3) is 0 Å². The van der Waals surface area contributed by atoms with Crippen molar-refractivity contribution in [1.29, 1.82) is 0 Å². The molecule has 1 aromatic carbocycles. The van der Waals surface area contributed by atoms with Crippen LogP contribution in [0.4, 0.5) is 5.69 Å². The first-order valence-corrected chi connectivity index (χ1v) is 7.20. The van der Waals surface area contributed by atoms with E-state index in [1.54, 1.807) is 18.2 Å². The largest absolute Gasteiger partial charge is 0.378 e. The van der Waals surface area contributed by atoms with Crippen LogP contribution in [0.3, 0.4) is 0 Å². The van der Waals surface area contributed by atoms with Crippen LogP contribution in [0.15, 0.2) is 24.3 Å². The van der Waals surface area contributed by atoms with Gasteiger partial charge in [0.05, 0.1) is 36.2 Å². The molecule has 1 rings (SSSR count). The Morgan fingerprint density at radius 3 is 2.63 bits per heavy atom. The lowest BCUT2D eigenvalue weighted by Crippen LogP contribution is -2.10. The molecular weight excluding hydrogens is 337 g/mol. The van der Waals surface area contributed by atoms with Crippen LogP contribution < -0.4 is 0 Å². The van der Waals surface area contributed by atoms with Crippen LogP contribution in [-0.2, 0) is 9.47 Å². The summed E-state index contributed by atoms with van der Waals surface area (Å²) >= 11 is 8.85. The Bertz CT molecular complexity index is 405. The third-order valence-corrected chi connectivity index (χ3v) is 3.24. The maximum Gasteiger partial charge on any atom is 0.273 e. The van der Waals surface area contributed by atoms with E-state index in [0.29, 0.717) is 37.9 Å². The fraction of sp³-hybridized carbons (Fsp3) is 0.500. The van der Waals surface area contributed by atoms with Gasteiger partial charge >= 0.3 is 0 Å². The van der Waals surface area contributed by atoms with Crippen molar-refractivity contribution in [2.45, 2.75) is 4.83 Å². The molecule has 19 heavy (non-hydrogen) atoms. The second-order valence-electron chi connectivity index (χ2n) is 3.66. The molecule has 0 saturated carbocycles. The number of nitrogens with zero attached hydrogens (tertiary/aromatic N) is 1. The van der Waals surface area contributed by atoms with E-state index in [-0.39, 0.29) is 10.5 Å². The van der Waals surface area contributed by atoms with E-state index in [1.165, 1.54) is 6.07 Å². The molecule has 1 atom stereocenters. The summed E-state index contributed by atoms with van der Waals surface area (Å²) in [5.74, 6) is 0.456. The molecule has 1 unspecified atom stereocenters. The molecule has 0 spiro atoms. The quantitative estimate of drug-likeness (QED) is 0.296. The summed E-state index contributed by atoms with van der Waals surface area (Å²) in [5, 5.41) is 10.9. The smallest absolute Gasteiger partial charge is 0.273 e. The van der Waals surface area contributed by atoms with Crippen molar-refractivity contribution < 1.29 is 14.4 Å². The molecule has 0 aliphatic carbocycles. The second-order valence-corrected chi connectivity index (χ2v) is 5.14. The van der Waals surface area contributed by atoms with Gasteiger partial charge in [0.15, 0.2) is 0 Å². The topological polar surface area (TPSA) is 61.6 Å². The summed E-state index contributed by atoms with van der Waals surface area (Å²) in [6, 6.07) is 6.60. The van der Waals surface area contributed by atoms with Crippen LogP contribution in [0.1, 0.15) is 10.4 Å². The van der Waals surface area contributed by atoms with Crippen LogP contribution in [0, 0.1) is 10.1 Å². The van der Waals surface area contributed by atoms with E-state index in [1.807, 2.05) is 0 Å². The molecule has 0 bridgehead atoms. The standard InChI is InChI=1S/C12H15BrClNO4/c13-11(9-19-8-7-18-6-5-14)10-3-1-2-4-12(10)15(16)17/h1-4,11H,5-9H2. The van der Waals surface area contributed by atoms with Crippen molar-refractivity contribution in [2.24, 2.45) is 0 Å². The predicted octanol–water partition coefficient (Wildman–Crippen LogP) is 3.30. The van der Waals surface area contributed by atoms with Gasteiger partial charge < -0.3 is 9.47 Å². The summed E-state index contributed by atoms with van der Waals surface area (Å²) in [7, 11) is 0. The van der Waals surface area contributed by atoms with Gasteiger partial charge in [0.25, 0.3) is 5.69 Å². The molecule has 0 fully saturated rings. The zero-order chi connectivity index (χ0) is 14.1. The van der Waals surface area contributed by atoms with E-state index in [4.69, 9.17) is 21.1 Å². The number of hydrogen-bond donors (Lipinski definition) is 0. The molecule has 0 saturated heterocycles. The van der Waals surface area contributed by atoms with Crippen molar-refractivity contribution in [3.05, 3.63) is 39.9 Å². The Morgan fingerprint density at radius 1 is 1.26 bits per heavy atom. The summed E-state index contributed by atoms with van der Waals surface area (Å²) in [4.78, 5) is 10.3. The highest BCUT2D eigenvalue weighted by molar-refractivity contribution is 9.09. The van der Waals surface area contributed by atoms with Crippen LogP contribution >= 0.6 is 27.5 Å². The molecule has 0 radical (unpaired) electrons. The molecule has 0 aliphatic heterocycles. The number of alkyl halides is 2. The Kier molecular flexibility index (Phi) is 7.97. The van der Waals surface area contributed by atoms with Gasteiger partial charge in [-0.1, -0.05) is 34.1 Å². The van der Waals surface area contributed by atoms with E-state index in [9.17, 15) is 10.1 Å². The average Bonchev–Trinajstić information content (AvgIpc) is 2.42.